The normalized spacial score (nSPS) is 22.3. The van der Waals surface area contributed by atoms with Crippen LogP contribution in [0.4, 0.5) is 0 Å². The van der Waals surface area contributed by atoms with Crippen molar-refractivity contribution in [2.75, 3.05) is 13.2 Å². The number of halogens is 1. The number of nitrogens with one attached hydrogen (secondary N) is 1. The Bertz CT molecular complexity index is 533. The molecule has 2 atom stereocenters. The van der Waals surface area contributed by atoms with Gasteiger partial charge < -0.3 is 20.3 Å². The summed E-state index contributed by atoms with van der Waals surface area (Å²) in [5.74, 6) is -1.42. The highest BCUT2D eigenvalue weighted by molar-refractivity contribution is 9.10. The highest BCUT2D eigenvalue weighted by atomic mass is 79.9. The third-order valence-corrected chi connectivity index (χ3v) is 3.76. The number of carbonyl (C=O) groups excluding carboxylic acids is 1. The Hall–Kier alpha value is -1.44. The molecule has 108 valence electrons. The molecule has 0 aliphatic carbocycles. The molecule has 0 saturated carbocycles. The standard InChI is InChI=1S/C13H14BrNO5/c14-9-5-7(13(18)19)1-2-8(9)12(17)15-10-3-4-20-6-11(10)16/h1-2,5,10-11,16H,3-4,6H2,(H,15,17)(H,18,19)/t10-,11-/m1/s1. The molecule has 20 heavy (non-hydrogen) atoms. The molecule has 0 spiro atoms. The van der Waals surface area contributed by atoms with Gasteiger partial charge in [0.2, 0.25) is 0 Å². The van der Waals surface area contributed by atoms with Crippen LogP contribution in [0.3, 0.4) is 0 Å². The fourth-order valence-corrected chi connectivity index (χ4v) is 2.53. The van der Waals surface area contributed by atoms with Gasteiger partial charge in [0, 0.05) is 11.1 Å². The summed E-state index contributed by atoms with van der Waals surface area (Å²) in [7, 11) is 0. The average molecular weight is 344 g/mol. The van der Waals surface area contributed by atoms with E-state index in [1.807, 2.05) is 0 Å². The van der Waals surface area contributed by atoms with Crippen molar-refractivity contribution in [3.8, 4) is 0 Å². The van der Waals surface area contributed by atoms with Gasteiger partial charge in [-0.25, -0.2) is 4.79 Å². The first-order valence-electron chi connectivity index (χ1n) is 6.08. The third kappa shape index (κ3) is 3.36. The SMILES string of the molecule is O=C(O)c1ccc(C(=O)N[C@@H]2CCOC[C@H]2O)c(Br)c1. The number of carbonyl (C=O) groups is 2. The van der Waals surface area contributed by atoms with Crippen LogP contribution < -0.4 is 5.32 Å². The largest absolute Gasteiger partial charge is 0.478 e. The number of aromatic carboxylic acids is 1. The number of carboxylic acids is 1. The Morgan fingerprint density at radius 2 is 2.15 bits per heavy atom. The molecule has 1 aromatic carbocycles. The predicted octanol–water partition coefficient (Wildman–Crippen LogP) is 1.03. The molecule has 1 amide bonds. The van der Waals surface area contributed by atoms with Crippen LogP contribution in [0.2, 0.25) is 0 Å². The van der Waals surface area contributed by atoms with E-state index in [9.17, 15) is 14.7 Å². The lowest BCUT2D eigenvalue weighted by molar-refractivity contribution is -0.0260. The quantitative estimate of drug-likeness (QED) is 0.761. The molecule has 0 radical (unpaired) electrons. The second kappa shape index (κ2) is 6.34. The molecule has 6 nitrogen and oxygen atoms in total. The molecule has 0 unspecified atom stereocenters. The predicted molar refractivity (Wildman–Crippen MR) is 73.8 cm³/mol. The molecule has 1 aromatic rings. The number of hydrogen-bond donors (Lipinski definition) is 3. The van der Waals surface area contributed by atoms with E-state index in [1.165, 1.54) is 18.2 Å². The Labute approximate surface area is 123 Å². The second-order valence-corrected chi connectivity index (χ2v) is 5.37. The molecule has 3 N–H and O–H groups in total. The van der Waals surface area contributed by atoms with Crippen molar-refractivity contribution < 1.29 is 24.5 Å². The van der Waals surface area contributed by atoms with Crippen LogP contribution in [0.15, 0.2) is 22.7 Å². The summed E-state index contributed by atoms with van der Waals surface area (Å²) >= 11 is 3.18. The van der Waals surface area contributed by atoms with Gasteiger partial charge in [-0.15, -0.1) is 0 Å². The van der Waals surface area contributed by atoms with Gasteiger partial charge in [-0.2, -0.15) is 0 Å². The van der Waals surface area contributed by atoms with E-state index in [0.717, 1.165) is 0 Å². The highest BCUT2D eigenvalue weighted by Crippen LogP contribution is 2.19. The van der Waals surface area contributed by atoms with Crippen LogP contribution in [-0.4, -0.2) is 47.4 Å². The smallest absolute Gasteiger partial charge is 0.335 e. The van der Waals surface area contributed by atoms with Gasteiger partial charge in [-0.3, -0.25) is 4.79 Å². The molecule has 1 aliphatic rings. The van der Waals surface area contributed by atoms with Crippen molar-refractivity contribution in [1.82, 2.24) is 5.32 Å². The van der Waals surface area contributed by atoms with Gasteiger partial charge in [-0.1, -0.05) is 0 Å². The number of rotatable bonds is 3. The zero-order valence-corrected chi connectivity index (χ0v) is 12.1. The minimum Gasteiger partial charge on any atom is -0.478 e. The molecule has 0 aromatic heterocycles. The first kappa shape index (κ1) is 15.0. The average Bonchev–Trinajstić information content (AvgIpc) is 2.41. The number of ether oxygens (including phenoxy) is 1. The van der Waals surface area contributed by atoms with Gasteiger partial charge in [0.15, 0.2) is 0 Å². The van der Waals surface area contributed by atoms with E-state index in [4.69, 9.17) is 9.84 Å². The fraction of sp³-hybridized carbons (Fsp3) is 0.385. The number of aliphatic hydroxyl groups excluding tert-OH is 1. The monoisotopic (exact) mass is 343 g/mol. The highest BCUT2D eigenvalue weighted by Gasteiger charge is 2.26. The molecular weight excluding hydrogens is 330 g/mol. The maximum atomic E-state index is 12.1. The minimum atomic E-state index is -1.06. The summed E-state index contributed by atoms with van der Waals surface area (Å²) in [6, 6.07) is 3.82. The molecular formula is C13H14BrNO5. The van der Waals surface area contributed by atoms with Crippen molar-refractivity contribution in [2.45, 2.75) is 18.6 Å². The van der Waals surface area contributed by atoms with Gasteiger partial charge >= 0.3 is 5.97 Å². The second-order valence-electron chi connectivity index (χ2n) is 4.51. The number of benzene rings is 1. The summed E-state index contributed by atoms with van der Waals surface area (Å²) in [6.07, 6.45) is -0.192. The van der Waals surface area contributed by atoms with Crippen LogP contribution in [-0.2, 0) is 4.74 Å². The minimum absolute atomic E-state index is 0.0968. The van der Waals surface area contributed by atoms with Crippen molar-refractivity contribution in [3.63, 3.8) is 0 Å². The van der Waals surface area contributed by atoms with Crippen molar-refractivity contribution in [1.29, 1.82) is 0 Å². The van der Waals surface area contributed by atoms with Crippen LogP contribution in [0.1, 0.15) is 27.1 Å². The van der Waals surface area contributed by atoms with E-state index in [-0.39, 0.29) is 24.1 Å². The van der Waals surface area contributed by atoms with E-state index in [2.05, 4.69) is 21.2 Å². The van der Waals surface area contributed by atoms with Crippen molar-refractivity contribution in [2.24, 2.45) is 0 Å². The summed E-state index contributed by atoms with van der Waals surface area (Å²) in [4.78, 5) is 22.9. The van der Waals surface area contributed by atoms with Gasteiger partial charge in [-0.05, 0) is 40.5 Å². The zero-order chi connectivity index (χ0) is 14.7. The van der Waals surface area contributed by atoms with Crippen molar-refractivity contribution in [3.05, 3.63) is 33.8 Å². The number of aliphatic hydroxyl groups is 1. The Morgan fingerprint density at radius 3 is 2.75 bits per heavy atom. The summed E-state index contributed by atoms with van der Waals surface area (Å²) < 4.78 is 5.49. The number of hydrogen-bond acceptors (Lipinski definition) is 4. The maximum Gasteiger partial charge on any atom is 0.335 e. The molecule has 1 heterocycles. The third-order valence-electron chi connectivity index (χ3n) is 3.10. The first-order chi connectivity index (χ1) is 9.49. The van der Waals surface area contributed by atoms with Crippen molar-refractivity contribution >= 4 is 27.8 Å². The lowest BCUT2D eigenvalue weighted by Crippen LogP contribution is -2.48. The number of carboxylic acid groups (broad SMARTS) is 1. The molecule has 1 aliphatic heterocycles. The van der Waals surface area contributed by atoms with Gasteiger partial charge in [0.1, 0.15) is 0 Å². The topological polar surface area (TPSA) is 95.9 Å². The van der Waals surface area contributed by atoms with Gasteiger partial charge in [0.05, 0.1) is 29.9 Å². The molecule has 7 heteroatoms. The first-order valence-corrected chi connectivity index (χ1v) is 6.88. The molecule has 2 rings (SSSR count). The Balaban J connectivity index is 2.11. The van der Waals surface area contributed by atoms with E-state index in [0.29, 0.717) is 23.1 Å². The molecule has 1 fully saturated rings. The van der Waals surface area contributed by atoms with Gasteiger partial charge in [0.25, 0.3) is 5.91 Å². The maximum absolute atomic E-state index is 12.1. The van der Waals surface area contributed by atoms with Crippen LogP contribution >= 0.6 is 15.9 Å². The Kier molecular flexibility index (Phi) is 4.74. The Morgan fingerprint density at radius 1 is 1.40 bits per heavy atom. The lowest BCUT2D eigenvalue weighted by Gasteiger charge is -2.28. The van der Waals surface area contributed by atoms with Crippen LogP contribution in [0.25, 0.3) is 0 Å². The summed E-state index contributed by atoms with van der Waals surface area (Å²) in [5, 5.41) is 21.3. The van der Waals surface area contributed by atoms with E-state index >= 15 is 0 Å². The van der Waals surface area contributed by atoms with E-state index < -0.39 is 12.1 Å². The molecule has 1 saturated heterocycles. The zero-order valence-electron chi connectivity index (χ0n) is 10.5. The van der Waals surface area contributed by atoms with E-state index in [1.54, 1.807) is 0 Å². The summed E-state index contributed by atoms with van der Waals surface area (Å²) in [6.45, 7) is 0.686. The van der Waals surface area contributed by atoms with Crippen LogP contribution in [0, 0.1) is 0 Å². The lowest BCUT2D eigenvalue weighted by atomic mass is 10.1. The number of amides is 1. The fourth-order valence-electron chi connectivity index (χ4n) is 1.97. The van der Waals surface area contributed by atoms with Crippen LogP contribution in [0.5, 0.6) is 0 Å². The summed E-state index contributed by atoms with van der Waals surface area (Å²) in [5.41, 5.74) is 0.424. The molecule has 0 bridgehead atoms.